The highest BCUT2D eigenvalue weighted by atomic mass is 16.5. The van der Waals surface area contributed by atoms with Crippen LogP contribution < -0.4 is 11.1 Å². The van der Waals surface area contributed by atoms with Gasteiger partial charge in [0.2, 0.25) is 0 Å². The summed E-state index contributed by atoms with van der Waals surface area (Å²) in [7, 11) is 2.13. The molecule has 4 heteroatoms. The number of hydrogen-bond acceptors (Lipinski definition) is 4. The number of ether oxygens (including phenoxy) is 1. The van der Waals surface area contributed by atoms with Crippen molar-refractivity contribution < 1.29 is 4.74 Å². The largest absolute Gasteiger partial charge is 0.381 e. The number of nitrogens with one attached hydrogen (secondary N) is 1. The summed E-state index contributed by atoms with van der Waals surface area (Å²) in [5, 5.41) is 3.59. The van der Waals surface area contributed by atoms with Gasteiger partial charge in [0.05, 0.1) is 0 Å². The molecule has 1 atom stereocenters. The third kappa shape index (κ3) is 3.67. The second kappa shape index (κ2) is 7.43. The fourth-order valence-corrected chi connectivity index (χ4v) is 3.65. The van der Waals surface area contributed by atoms with E-state index in [1.165, 1.54) is 38.8 Å². The zero-order valence-electron chi connectivity index (χ0n) is 11.7. The Hall–Kier alpha value is -0.160. The first-order valence-electron chi connectivity index (χ1n) is 7.52. The zero-order chi connectivity index (χ0) is 12.8. The topological polar surface area (TPSA) is 50.5 Å². The van der Waals surface area contributed by atoms with E-state index in [1.807, 2.05) is 0 Å². The van der Waals surface area contributed by atoms with Crippen LogP contribution in [0.2, 0.25) is 0 Å². The number of rotatable bonds is 5. The molecule has 0 amide bonds. The van der Waals surface area contributed by atoms with Gasteiger partial charge in [0.1, 0.15) is 0 Å². The van der Waals surface area contributed by atoms with Gasteiger partial charge in [0.25, 0.3) is 0 Å². The molecule has 106 valence electrons. The van der Waals surface area contributed by atoms with Crippen molar-refractivity contribution in [3.63, 3.8) is 0 Å². The van der Waals surface area contributed by atoms with Gasteiger partial charge >= 0.3 is 0 Å². The van der Waals surface area contributed by atoms with Gasteiger partial charge in [-0.15, -0.1) is 0 Å². The first kappa shape index (κ1) is 14.3. The summed E-state index contributed by atoms with van der Waals surface area (Å²) in [6.45, 7) is 6.21. The van der Waals surface area contributed by atoms with Crippen LogP contribution in [0, 0.1) is 11.8 Å². The molecular weight excluding hydrogens is 226 g/mol. The molecule has 0 aliphatic carbocycles. The summed E-state index contributed by atoms with van der Waals surface area (Å²) in [4.78, 5) is 2.51. The van der Waals surface area contributed by atoms with Crippen LogP contribution in [0.1, 0.15) is 25.7 Å². The predicted molar refractivity (Wildman–Crippen MR) is 74.6 cm³/mol. The Morgan fingerprint density at radius 1 is 1.17 bits per heavy atom. The van der Waals surface area contributed by atoms with E-state index in [1.54, 1.807) is 0 Å². The van der Waals surface area contributed by atoms with Crippen LogP contribution in [0.3, 0.4) is 0 Å². The molecule has 0 radical (unpaired) electrons. The third-order valence-electron chi connectivity index (χ3n) is 4.69. The number of hydrogen-bond donors (Lipinski definition) is 2. The minimum absolute atomic E-state index is 0.689. The van der Waals surface area contributed by atoms with Gasteiger partial charge in [-0.3, -0.25) is 0 Å². The quantitative estimate of drug-likeness (QED) is 0.758. The molecule has 3 N–H and O–H groups in total. The van der Waals surface area contributed by atoms with E-state index in [9.17, 15) is 0 Å². The van der Waals surface area contributed by atoms with Gasteiger partial charge in [-0.25, -0.2) is 0 Å². The second-order valence-corrected chi connectivity index (χ2v) is 5.73. The fourth-order valence-electron chi connectivity index (χ4n) is 3.65. The highest BCUT2D eigenvalue weighted by Crippen LogP contribution is 2.29. The maximum Gasteiger partial charge on any atom is 0.0469 e. The molecule has 2 heterocycles. The van der Waals surface area contributed by atoms with Crippen molar-refractivity contribution in [1.29, 1.82) is 0 Å². The van der Waals surface area contributed by atoms with E-state index >= 15 is 0 Å². The van der Waals surface area contributed by atoms with Gasteiger partial charge in [-0.1, -0.05) is 0 Å². The Morgan fingerprint density at radius 3 is 2.33 bits per heavy atom. The van der Waals surface area contributed by atoms with Gasteiger partial charge in [0.15, 0.2) is 0 Å². The van der Waals surface area contributed by atoms with Crippen LogP contribution in [-0.2, 0) is 4.74 Å². The summed E-state index contributed by atoms with van der Waals surface area (Å²) >= 11 is 0. The lowest BCUT2D eigenvalue weighted by Crippen LogP contribution is -2.47. The molecule has 1 unspecified atom stereocenters. The van der Waals surface area contributed by atoms with Gasteiger partial charge in [-0.05, 0) is 57.7 Å². The maximum absolute atomic E-state index is 5.63. The lowest BCUT2D eigenvalue weighted by molar-refractivity contribution is 0.0373. The maximum atomic E-state index is 5.63. The van der Waals surface area contributed by atoms with E-state index in [2.05, 4.69) is 17.3 Å². The molecule has 2 saturated heterocycles. The zero-order valence-corrected chi connectivity index (χ0v) is 11.7. The van der Waals surface area contributed by atoms with Crippen molar-refractivity contribution in [1.82, 2.24) is 10.2 Å². The molecular formula is C14H29N3O. The smallest absolute Gasteiger partial charge is 0.0469 e. The molecule has 0 aromatic carbocycles. The Morgan fingerprint density at radius 2 is 1.78 bits per heavy atom. The molecule has 0 aromatic rings. The fraction of sp³-hybridized carbons (Fsp3) is 1.00. The lowest BCUT2D eigenvalue weighted by Gasteiger charge is -2.40. The Kier molecular flexibility index (Phi) is 5.89. The molecule has 2 aliphatic heterocycles. The van der Waals surface area contributed by atoms with Crippen molar-refractivity contribution in [3.05, 3.63) is 0 Å². The Balaban J connectivity index is 1.81. The van der Waals surface area contributed by atoms with Crippen LogP contribution in [0.15, 0.2) is 0 Å². The van der Waals surface area contributed by atoms with Crippen molar-refractivity contribution in [3.8, 4) is 0 Å². The van der Waals surface area contributed by atoms with Crippen molar-refractivity contribution >= 4 is 0 Å². The van der Waals surface area contributed by atoms with E-state index in [4.69, 9.17) is 10.5 Å². The van der Waals surface area contributed by atoms with Gasteiger partial charge in [-0.2, -0.15) is 0 Å². The van der Waals surface area contributed by atoms with Crippen LogP contribution in [0.4, 0.5) is 0 Å². The third-order valence-corrected chi connectivity index (χ3v) is 4.69. The van der Waals surface area contributed by atoms with Crippen LogP contribution in [0.5, 0.6) is 0 Å². The number of nitrogens with zero attached hydrogens (tertiary/aromatic N) is 1. The van der Waals surface area contributed by atoms with E-state index < -0.39 is 0 Å². The van der Waals surface area contributed by atoms with Crippen LogP contribution >= 0.6 is 0 Å². The number of nitrogens with two attached hydrogens (primary N) is 1. The van der Waals surface area contributed by atoms with Crippen molar-refractivity contribution in [2.45, 2.75) is 31.7 Å². The highest BCUT2D eigenvalue weighted by Gasteiger charge is 2.31. The SMILES string of the molecule is CNC(C1CCOCC1)C1CCN(CCN)CC1. The number of piperidine rings is 1. The molecule has 4 nitrogen and oxygen atoms in total. The average molecular weight is 255 g/mol. The molecule has 0 aromatic heterocycles. The average Bonchev–Trinajstić information content (AvgIpc) is 2.43. The molecule has 0 bridgehead atoms. The minimum atomic E-state index is 0.689. The summed E-state index contributed by atoms with van der Waals surface area (Å²) in [5.41, 5.74) is 5.63. The molecule has 2 aliphatic rings. The predicted octanol–water partition coefficient (Wildman–Crippen LogP) is 0.672. The molecule has 0 spiro atoms. The normalized spacial score (nSPS) is 26.3. The second-order valence-electron chi connectivity index (χ2n) is 5.73. The first-order valence-corrected chi connectivity index (χ1v) is 7.52. The first-order chi connectivity index (χ1) is 8.85. The summed E-state index contributed by atoms with van der Waals surface area (Å²) in [6.07, 6.45) is 5.11. The monoisotopic (exact) mass is 255 g/mol. The van der Waals surface area contributed by atoms with Crippen LogP contribution in [0.25, 0.3) is 0 Å². The van der Waals surface area contributed by atoms with E-state index in [-0.39, 0.29) is 0 Å². The summed E-state index contributed by atoms with van der Waals surface area (Å²) in [6, 6.07) is 0.689. The summed E-state index contributed by atoms with van der Waals surface area (Å²) < 4.78 is 5.48. The molecule has 2 rings (SSSR count). The van der Waals surface area contributed by atoms with Gasteiger partial charge < -0.3 is 20.7 Å². The van der Waals surface area contributed by atoms with Crippen molar-refractivity contribution in [2.75, 3.05) is 46.4 Å². The van der Waals surface area contributed by atoms with Gasteiger partial charge in [0, 0.05) is 32.3 Å². The summed E-state index contributed by atoms with van der Waals surface area (Å²) in [5.74, 6) is 1.65. The molecule has 18 heavy (non-hydrogen) atoms. The Bertz CT molecular complexity index is 223. The standard InChI is InChI=1S/C14H29N3O/c1-16-14(13-4-10-18-11-5-13)12-2-7-17(8-3-12)9-6-15/h12-14,16H,2-11,15H2,1H3. The lowest BCUT2D eigenvalue weighted by atomic mass is 9.79. The van der Waals surface area contributed by atoms with E-state index in [0.717, 1.165) is 38.1 Å². The molecule has 2 fully saturated rings. The molecule has 0 saturated carbocycles. The van der Waals surface area contributed by atoms with Crippen molar-refractivity contribution in [2.24, 2.45) is 17.6 Å². The minimum Gasteiger partial charge on any atom is -0.381 e. The highest BCUT2D eigenvalue weighted by molar-refractivity contribution is 4.87. The Labute approximate surface area is 111 Å². The van der Waals surface area contributed by atoms with E-state index in [0.29, 0.717) is 6.04 Å². The number of likely N-dealkylation sites (tertiary alicyclic amines) is 1. The van der Waals surface area contributed by atoms with Crippen LogP contribution in [-0.4, -0.2) is 57.4 Å².